The standard InChI is InChI=1S/C15H22N4O3/c1-14(2)12(21)19(13(22)18-14)9-11(20)17-15(10-16)7-5-3-4-6-8-15/h3-9H2,1-2H3,(H,17,20)(H,18,22). The van der Waals surface area contributed by atoms with E-state index in [4.69, 9.17) is 0 Å². The molecule has 1 aliphatic carbocycles. The molecule has 0 aromatic rings. The van der Waals surface area contributed by atoms with Crippen LogP contribution in [0.15, 0.2) is 0 Å². The average Bonchev–Trinajstić information content (AvgIpc) is 2.65. The van der Waals surface area contributed by atoms with Crippen molar-refractivity contribution in [2.75, 3.05) is 6.54 Å². The van der Waals surface area contributed by atoms with Crippen molar-refractivity contribution < 1.29 is 14.4 Å². The lowest BCUT2D eigenvalue weighted by molar-refractivity contribution is -0.134. The summed E-state index contributed by atoms with van der Waals surface area (Å²) in [6.45, 7) is 2.83. The van der Waals surface area contributed by atoms with Gasteiger partial charge in [0, 0.05) is 0 Å². The largest absolute Gasteiger partial charge is 0.336 e. The van der Waals surface area contributed by atoms with Gasteiger partial charge in [-0.15, -0.1) is 0 Å². The van der Waals surface area contributed by atoms with Crippen molar-refractivity contribution in [1.29, 1.82) is 5.26 Å². The fourth-order valence-corrected chi connectivity index (χ4v) is 3.01. The highest BCUT2D eigenvalue weighted by Crippen LogP contribution is 2.26. The number of amides is 4. The molecule has 0 spiro atoms. The van der Waals surface area contributed by atoms with Crippen molar-refractivity contribution in [2.24, 2.45) is 0 Å². The van der Waals surface area contributed by atoms with Crippen molar-refractivity contribution >= 4 is 17.8 Å². The molecule has 4 amide bonds. The quantitative estimate of drug-likeness (QED) is 0.601. The van der Waals surface area contributed by atoms with E-state index in [1.807, 2.05) is 0 Å². The monoisotopic (exact) mass is 306 g/mol. The van der Waals surface area contributed by atoms with Crippen LogP contribution < -0.4 is 10.6 Å². The minimum Gasteiger partial charge on any atom is -0.336 e. The summed E-state index contributed by atoms with van der Waals surface area (Å²) >= 11 is 0. The maximum absolute atomic E-state index is 12.2. The molecule has 1 saturated heterocycles. The zero-order valence-electron chi connectivity index (χ0n) is 13.1. The second kappa shape index (κ2) is 5.95. The van der Waals surface area contributed by atoms with E-state index in [1.54, 1.807) is 13.8 Å². The van der Waals surface area contributed by atoms with E-state index < -0.39 is 28.9 Å². The molecule has 0 radical (unpaired) electrons. The van der Waals surface area contributed by atoms with Crippen molar-refractivity contribution in [3.8, 4) is 6.07 Å². The van der Waals surface area contributed by atoms with Crippen LogP contribution >= 0.6 is 0 Å². The Balaban J connectivity index is 2.02. The molecule has 0 atom stereocenters. The normalized spacial score (nSPS) is 23.4. The van der Waals surface area contributed by atoms with Crippen LogP contribution in [0.5, 0.6) is 0 Å². The number of nitrogens with zero attached hydrogens (tertiary/aromatic N) is 2. The Hall–Kier alpha value is -2.10. The summed E-state index contributed by atoms with van der Waals surface area (Å²) in [5.41, 5.74) is -1.87. The molecule has 7 heteroatoms. The molecule has 7 nitrogen and oxygen atoms in total. The molecule has 2 N–H and O–H groups in total. The van der Waals surface area contributed by atoms with Gasteiger partial charge in [-0.05, 0) is 26.7 Å². The van der Waals surface area contributed by atoms with Crippen LogP contribution in [0.25, 0.3) is 0 Å². The summed E-state index contributed by atoms with van der Waals surface area (Å²) in [5, 5.41) is 14.7. The van der Waals surface area contributed by atoms with Gasteiger partial charge in [0.1, 0.15) is 17.6 Å². The minimum absolute atomic E-state index is 0.350. The summed E-state index contributed by atoms with van der Waals surface area (Å²) in [6.07, 6.45) is 5.12. The number of carbonyl (C=O) groups excluding carboxylic acids is 3. The third-order valence-corrected chi connectivity index (χ3v) is 4.30. The van der Waals surface area contributed by atoms with Crippen molar-refractivity contribution in [2.45, 2.75) is 63.5 Å². The molecule has 2 fully saturated rings. The van der Waals surface area contributed by atoms with Crippen molar-refractivity contribution in [3.05, 3.63) is 0 Å². The summed E-state index contributed by atoms with van der Waals surface area (Å²) in [6, 6.07) is 1.64. The van der Waals surface area contributed by atoms with Gasteiger partial charge < -0.3 is 10.6 Å². The SMILES string of the molecule is CC1(C)NC(=O)N(CC(=O)NC2(C#N)CCCCCC2)C1=O. The Labute approximate surface area is 130 Å². The fourth-order valence-electron chi connectivity index (χ4n) is 3.01. The van der Waals surface area contributed by atoms with Crippen LogP contribution in [-0.4, -0.2) is 40.4 Å². The number of urea groups is 1. The smallest absolute Gasteiger partial charge is 0.325 e. The number of imide groups is 1. The Morgan fingerprint density at radius 2 is 1.86 bits per heavy atom. The molecule has 120 valence electrons. The molecule has 0 aromatic heterocycles. The first kappa shape index (κ1) is 16.3. The zero-order chi connectivity index (χ0) is 16.4. The second-order valence-corrected chi connectivity index (χ2v) is 6.60. The number of nitriles is 1. The van der Waals surface area contributed by atoms with Gasteiger partial charge in [-0.3, -0.25) is 14.5 Å². The molecule has 0 aromatic carbocycles. The molecule has 2 rings (SSSR count). The summed E-state index contributed by atoms with van der Waals surface area (Å²) in [4.78, 5) is 37.0. The molecule has 1 aliphatic heterocycles. The maximum Gasteiger partial charge on any atom is 0.325 e. The number of hydrogen-bond acceptors (Lipinski definition) is 4. The number of hydrogen-bond donors (Lipinski definition) is 2. The highest BCUT2D eigenvalue weighted by molar-refractivity contribution is 6.08. The number of nitrogens with one attached hydrogen (secondary N) is 2. The van der Waals surface area contributed by atoms with Gasteiger partial charge in [0.2, 0.25) is 5.91 Å². The van der Waals surface area contributed by atoms with E-state index in [0.29, 0.717) is 12.8 Å². The first-order valence-electron chi connectivity index (χ1n) is 7.66. The third kappa shape index (κ3) is 3.21. The maximum atomic E-state index is 12.2. The van der Waals surface area contributed by atoms with Gasteiger partial charge in [0.15, 0.2) is 0 Å². The van der Waals surface area contributed by atoms with Gasteiger partial charge in [-0.2, -0.15) is 5.26 Å². The van der Waals surface area contributed by atoms with Crippen LogP contribution in [0.4, 0.5) is 4.79 Å². The Morgan fingerprint density at radius 3 is 2.32 bits per heavy atom. The zero-order valence-corrected chi connectivity index (χ0v) is 13.1. The Morgan fingerprint density at radius 1 is 1.27 bits per heavy atom. The molecule has 1 heterocycles. The van der Waals surface area contributed by atoms with Crippen LogP contribution in [0.1, 0.15) is 52.4 Å². The molecule has 2 aliphatic rings. The van der Waals surface area contributed by atoms with Crippen molar-refractivity contribution in [1.82, 2.24) is 15.5 Å². The van der Waals surface area contributed by atoms with E-state index in [9.17, 15) is 19.6 Å². The molecular weight excluding hydrogens is 284 g/mol. The van der Waals surface area contributed by atoms with Crippen LogP contribution in [0.3, 0.4) is 0 Å². The molecular formula is C15H22N4O3. The first-order chi connectivity index (χ1) is 10.3. The van der Waals surface area contributed by atoms with E-state index in [0.717, 1.165) is 30.6 Å². The molecule has 1 saturated carbocycles. The lowest BCUT2D eigenvalue weighted by Gasteiger charge is -2.27. The number of carbonyl (C=O) groups is 3. The van der Waals surface area contributed by atoms with E-state index >= 15 is 0 Å². The topological polar surface area (TPSA) is 102 Å². The second-order valence-electron chi connectivity index (χ2n) is 6.60. The predicted octanol–water partition coefficient (Wildman–Crippen LogP) is 1.05. The molecule has 0 bridgehead atoms. The van der Waals surface area contributed by atoms with E-state index in [2.05, 4.69) is 16.7 Å². The predicted molar refractivity (Wildman–Crippen MR) is 78.5 cm³/mol. The Kier molecular flexibility index (Phi) is 4.40. The molecule has 22 heavy (non-hydrogen) atoms. The first-order valence-corrected chi connectivity index (χ1v) is 7.66. The van der Waals surface area contributed by atoms with Crippen LogP contribution in [0, 0.1) is 11.3 Å². The number of rotatable bonds is 3. The average molecular weight is 306 g/mol. The highest BCUT2D eigenvalue weighted by Gasteiger charge is 2.45. The van der Waals surface area contributed by atoms with Crippen LogP contribution in [0.2, 0.25) is 0 Å². The highest BCUT2D eigenvalue weighted by atomic mass is 16.2. The van der Waals surface area contributed by atoms with E-state index in [-0.39, 0.29) is 6.54 Å². The fraction of sp³-hybridized carbons (Fsp3) is 0.733. The Bertz CT molecular complexity index is 527. The lowest BCUT2D eigenvalue weighted by Crippen LogP contribution is -2.51. The van der Waals surface area contributed by atoms with E-state index in [1.165, 1.54) is 0 Å². The van der Waals surface area contributed by atoms with Gasteiger partial charge in [-0.1, -0.05) is 25.7 Å². The van der Waals surface area contributed by atoms with Gasteiger partial charge in [0.25, 0.3) is 5.91 Å². The van der Waals surface area contributed by atoms with Crippen LogP contribution in [-0.2, 0) is 9.59 Å². The van der Waals surface area contributed by atoms with Gasteiger partial charge in [0.05, 0.1) is 6.07 Å². The molecule has 0 unspecified atom stereocenters. The van der Waals surface area contributed by atoms with Crippen molar-refractivity contribution in [3.63, 3.8) is 0 Å². The summed E-state index contributed by atoms with van der Waals surface area (Å²) in [7, 11) is 0. The van der Waals surface area contributed by atoms with Gasteiger partial charge in [-0.25, -0.2) is 4.79 Å². The summed E-state index contributed by atoms with van der Waals surface area (Å²) < 4.78 is 0. The minimum atomic E-state index is -0.993. The van der Waals surface area contributed by atoms with Gasteiger partial charge >= 0.3 is 6.03 Å². The third-order valence-electron chi connectivity index (χ3n) is 4.30. The summed E-state index contributed by atoms with van der Waals surface area (Å²) in [5.74, 6) is -0.899. The lowest BCUT2D eigenvalue weighted by atomic mass is 9.92.